The molecule has 0 bridgehead atoms. The first-order valence-electron chi connectivity index (χ1n) is 5.47. The molecular weight excluding hydrogens is 416 g/mol. The molecule has 8 heteroatoms. The van der Waals surface area contributed by atoms with Crippen molar-refractivity contribution in [1.82, 2.24) is 4.90 Å². The van der Waals surface area contributed by atoms with Gasteiger partial charge >= 0.3 is 0 Å². The van der Waals surface area contributed by atoms with Gasteiger partial charge < -0.3 is 15.4 Å². The van der Waals surface area contributed by atoms with E-state index in [0.29, 0.717) is 36.0 Å². The van der Waals surface area contributed by atoms with Crippen LogP contribution in [-0.2, 0) is 4.74 Å². The van der Waals surface area contributed by atoms with E-state index >= 15 is 0 Å². The third-order valence-corrected chi connectivity index (χ3v) is 5.78. The lowest BCUT2D eigenvalue weighted by Gasteiger charge is -2.21. The lowest BCUT2D eigenvalue weighted by molar-refractivity contribution is 0.0706. The average molecular weight is 430 g/mol. The molecule has 0 aliphatic heterocycles. The summed E-state index contributed by atoms with van der Waals surface area (Å²) in [5.41, 5.74) is 5.49. The molecule has 0 radical (unpaired) electrons. The van der Waals surface area contributed by atoms with Crippen LogP contribution >= 0.6 is 55.4 Å². The number of rotatable bonds is 7. The number of hydrogen-bond donors (Lipinski definition) is 1. The quantitative estimate of drug-likeness (QED) is 0.676. The second-order valence-electron chi connectivity index (χ2n) is 3.73. The Morgan fingerprint density at radius 3 is 2.68 bits per heavy atom. The maximum Gasteiger partial charge on any atom is 0.264 e. The Labute approximate surface area is 138 Å². The van der Waals surface area contributed by atoms with Gasteiger partial charge in [-0.05, 0) is 37.9 Å². The van der Waals surface area contributed by atoms with Gasteiger partial charge in [0.2, 0.25) is 0 Å². The highest BCUT2D eigenvalue weighted by atomic mass is 79.9. The van der Waals surface area contributed by atoms with Gasteiger partial charge in [-0.15, -0.1) is 11.3 Å². The molecule has 19 heavy (non-hydrogen) atoms. The van der Waals surface area contributed by atoms with Crippen molar-refractivity contribution in [3.05, 3.63) is 19.2 Å². The Balaban J connectivity index is 2.77. The topological polar surface area (TPSA) is 55.6 Å². The fraction of sp³-hybridized carbons (Fsp3) is 0.455. The highest BCUT2D eigenvalue weighted by Crippen LogP contribution is 2.33. The van der Waals surface area contributed by atoms with E-state index in [-0.39, 0.29) is 5.91 Å². The molecule has 0 saturated carbocycles. The molecule has 0 saturated heterocycles. The zero-order chi connectivity index (χ0) is 14.4. The summed E-state index contributed by atoms with van der Waals surface area (Å²) < 4.78 is 6.80. The van der Waals surface area contributed by atoms with Gasteiger partial charge in [-0.1, -0.05) is 12.2 Å². The monoisotopic (exact) mass is 428 g/mol. The highest BCUT2D eigenvalue weighted by Gasteiger charge is 2.19. The molecule has 0 aromatic carbocycles. The van der Waals surface area contributed by atoms with Crippen molar-refractivity contribution >= 4 is 66.3 Å². The van der Waals surface area contributed by atoms with E-state index in [4.69, 9.17) is 22.7 Å². The van der Waals surface area contributed by atoms with Gasteiger partial charge in [0.15, 0.2) is 0 Å². The predicted octanol–water partition coefficient (Wildman–Crippen LogP) is 3.04. The van der Waals surface area contributed by atoms with Crippen molar-refractivity contribution in [1.29, 1.82) is 0 Å². The summed E-state index contributed by atoms with van der Waals surface area (Å²) >= 11 is 13.0. The van der Waals surface area contributed by atoms with Crippen LogP contribution in [0.3, 0.4) is 0 Å². The number of amides is 1. The highest BCUT2D eigenvalue weighted by molar-refractivity contribution is 9.13. The van der Waals surface area contributed by atoms with Crippen molar-refractivity contribution < 1.29 is 9.53 Å². The van der Waals surface area contributed by atoms with Crippen LogP contribution in [0.25, 0.3) is 0 Å². The van der Waals surface area contributed by atoms with Gasteiger partial charge in [-0.2, -0.15) is 0 Å². The first kappa shape index (κ1) is 17.0. The molecule has 1 aromatic rings. The third-order valence-electron chi connectivity index (χ3n) is 2.34. The van der Waals surface area contributed by atoms with Gasteiger partial charge in [0, 0.05) is 31.1 Å². The molecule has 4 nitrogen and oxygen atoms in total. The van der Waals surface area contributed by atoms with E-state index in [9.17, 15) is 4.79 Å². The van der Waals surface area contributed by atoms with E-state index < -0.39 is 0 Å². The molecule has 106 valence electrons. The van der Waals surface area contributed by atoms with Gasteiger partial charge in [-0.25, -0.2) is 0 Å². The van der Waals surface area contributed by atoms with Crippen LogP contribution in [0.1, 0.15) is 16.1 Å². The molecule has 0 spiro atoms. The fourth-order valence-electron chi connectivity index (χ4n) is 1.37. The normalized spacial score (nSPS) is 10.5. The van der Waals surface area contributed by atoms with Crippen LogP contribution < -0.4 is 5.73 Å². The lowest BCUT2D eigenvalue weighted by atomic mass is 10.3. The van der Waals surface area contributed by atoms with Crippen LogP contribution in [-0.4, -0.2) is 42.6 Å². The molecule has 1 amide bonds. The number of nitrogens with zero attached hydrogens (tertiary/aromatic N) is 1. The number of carbonyl (C=O) groups excluding carboxylic acids is 1. The minimum Gasteiger partial charge on any atom is -0.393 e. The predicted molar refractivity (Wildman–Crippen MR) is 88.9 cm³/mol. The summed E-state index contributed by atoms with van der Waals surface area (Å²) in [6.07, 6.45) is 0.512. The van der Waals surface area contributed by atoms with Gasteiger partial charge in [0.1, 0.15) is 0 Å². The smallest absolute Gasteiger partial charge is 0.264 e. The largest absolute Gasteiger partial charge is 0.393 e. The number of thiophene rings is 1. The second kappa shape index (κ2) is 8.31. The molecule has 0 unspecified atom stereocenters. The number of nitrogens with two attached hydrogens (primary N) is 1. The first-order chi connectivity index (χ1) is 8.95. The maximum atomic E-state index is 12.4. The number of hydrogen-bond acceptors (Lipinski definition) is 4. The zero-order valence-electron chi connectivity index (χ0n) is 10.3. The lowest BCUT2D eigenvalue weighted by Crippen LogP contribution is -2.35. The third kappa shape index (κ3) is 5.47. The van der Waals surface area contributed by atoms with Crippen LogP contribution in [0.4, 0.5) is 0 Å². The zero-order valence-corrected chi connectivity index (χ0v) is 15.1. The van der Waals surface area contributed by atoms with Crippen LogP contribution in [0, 0.1) is 0 Å². The number of carbonyl (C=O) groups is 1. The first-order valence-corrected chi connectivity index (χ1v) is 8.28. The van der Waals surface area contributed by atoms with E-state index in [2.05, 4.69) is 31.9 Å². The maximum absolute atomic E-state index is 12.4. The van der Waals surface area contributed by atoms with Gasteiger partial charge in [-0.3, -0.25) is 4.79 Å². The number of halogens is 2. The van der Waals surface area contributed by atoms with Gasteiger partial charge in [0.25, 0.3) is 5.91 Å². The number of methoxy groups -OCH3 is 1. The van der Waals surface area contributed by atoms with E-state index in [1.807, 2.05) is 0 Å². The summed E-state index contributed by atoms with van der Waals surface area (Å²) in [7, 11) is 1.61. The molecular formula is C11H14Br2N2O2S2. The number of ether oxygens (including phenoxy) is 1. The Kier molecular flexibility index (Phi) is 7.45. The summed E-state index contributed by atoms with van der Waals surface area (Å²) in [5.74, 6) is -0.0373. The van der Waals surface area contributed by atoms with Crippen molar-refractivity contribution in [3.63, 3.8) is 0 Å². The van der Waals surface area contributed by atoms with Crippen molar-refractivity contribution in [2.75, 3.05) is 26.8 Å². The summed E-state index contributed by atoms with van der Waals surface area (Å²) in [4.78, 5) is 15.2. The Hall–Kier alpha value is -0.0200. The summed E-state index contributed by atoms with van der Waals surface area (Å²) in [5, 5.41) is 0. The Bertz CT molecular complexity index is 446. The van der Waals surface area contributed by atoms with Crippen LogP contribution in [0.5, 0.6) is 0 Å². The Morgan fingerprint density at radius 1 is 1.53 bits per heavy atom. The molecule has 1 heterocycles. The molecule has 1 rings (SSSR count). The van der Waals surface area contributed by atoms with Gasteiger partial charge in [0.05, 0.1) is 20.3 Å². The standard InChI is InChI=1S/C11H14Br2N2O2S2/c1-17-5-4-15(3-2-9(14)18)11(16)8-6-7(12)10(13)19-8/h6H,2-5H2,1H3,(H2,14,18). The molecule has 0 aliphatic carbocycles. The van der Waals surface area contributed by atoms with Crippen LogP contribution in [0.2, 0.25) is 0 Å². The molecule has 0 aliphatic rings. The summed E-state index contributed by atoms with van der Waals surface area (Å²) in [6, 6.07) is 1.80. The SMILES string of the molecule is COCCN(CCC(N)=S)C(=O)c1cc(Br)c(Br)s1. The second-order valence-corrected chi connectivity index (χ2v) is 7.48. The summed E-state index contributed by atoms with van der Waals surface area (Å²) in [6.45, 7) is 1.51. The molecule has 0 atom stereocenters. The van der Waals surface area contributed by atoms with Crippen molar-refractivity contribution in [3.8, 4) is 0 Å². The molecule has 0 fully saturated rings. The van der Waals surface area contributed by atoms with E-state index in [1.54, 1.807) is 18.1 Å². The number of thiocarbonyl (C=S) groups is 1. The van der Waals surface area contributed by atoms with E-state index in [0.717, 1.165) is 8.26 Å². The minimum atomic E-state index is -0.0373. The van der Waals surface area contributed by atoms with Crippen molar-refractivity contribution in [2.24, 2.45) is 5.73 Å². The molecule has 1 aromatic heterocycles. The van der Waals surface area contributed by atoms with Crippen molar-refractivity contribution in [2.45, 2.75) is 6.42 Å². The Morgan fingerprint density at radius 2 is 2.21 bits per heavy atom. The van der Waals surface area contributed by atoms with Crippen LogP contribution in [0.15, 0.2) is 14.3 Å². The molecule has 2 N–H and O–H groups in total. The van der Waals surface area contributed by atoms with E-state index in [1.165, 1.54) is 11.3 Å². The average Bonchev–Trinajstić information content (AvgIpc) is 2.69. The minimum absolute atomic E-state index is 0.0373. The fourth-order valence-corrected chi connectivity index (χ4v) is 3.46.